The van der Waals surface area contributed by atoms with Gasteiger partial charge in [-0.3, -0.25) is 9.59 Å². The van der Waals surface area contributed by atoms with Gasteiger partial charge in [0.15, 0.2) is 0 Å². The number of hydrogen-bond donors (Lipinski definition) is 2. The van der Waals surface area contributed by atoms with E-state index in [-0.39, 0.29) is 12.3 Å². The maximum Gasteiger partial charge on any atom is 0.303 e. The van der Waals surface area contributed by atoms with Gasteiger partial charge in [-0.1, -0.05) is 43.2 Å². The molecule has 1 aromatic carbocycles. The number of nitrogens with one attached hydrogen (secondary N) is 1. The van der Waals surface area contributed by atoms with Crippen LogP contribution in [0.15, 0.2) is 35.4 Å². The van der Waals surface area contributed by atoms with Crippen molar-refractivity contribution in [3.8, 4) is 0 Å². The average molecular weight is 320 g/mol. The van der Waals surface area contributed by atoms with E-state index in [2.05, 4.69) is 10.5 Å². The highest BCUT2D eigenvalue weighted by atomic mass is 16.5. The van der Waals surface area contributed by atoms with Crippen LogP contribution in [-0.4, -0.2) is 29.8 Å². The Balaban J connectivity index is 1.95. The fourth-order valence-electron chi connectivity index (χ4n) is 1.93. The van der Waals surface area contributed by atoms with E-state index >= 15 is 0 Å². The number of ether oxygens (including phenoxy) is 1. The fraction of sp³-hybridized carbons (Fsp3) is 0.471. The Morgan fingerprint density at radius 3 is 2.48 bits per heavy atom. The second-order valence-electron chi connectivity index (χ2n) is 5.16. The number of carboxylic acids is 1. The number of rotatable bonds is 12. The van der Waals surface area contributed by atoms with Gasteiger partial charge in [-0.25, -0.2) is 5.43 Å². The van der Waals surface area contributed by atoms with Gasteiger partial charge in [0, 0.05) is 12.8 Å². The van der Waals surface area contributed by atoms with Crippen molar-refractivity contribution in [2.75, 3.05) is 6.61 Å². The number of nitrogens with zero attached hydrogens (tertiary/aromatic N) is 1. The molecule has 1 rings (SSSR count). The zero-order valence-electron chi connectivity index (χ0n) is 13.2. The number of hydrogen-bond acceptors (Lipinski definition) is 4. The van der Waals surface area contributed by atoms with Crippen LogP contribution in [0.4, 0.5) is 0 Å². The lowest BCUT2D eigenvalue weighted by molar-refractivity contribution is -0.137. The third kappa shape index (κ3) is 11.1. The molecule has 1 amide bonds. The van der Waals surface area contributed by atoms with Crippen LogP contribution in [0.3, 0.4) is 0 Å². The molecule has 0 bridgehead atoms. The third-order valence-electron chi connectivity index (χ3n) is 3.13. The van der Waals surface area contributed by atoms with E-state index in [1.807, 2.05) is 30.3 Å². The summed E-state index contributed by atoms with van der Waals surface area (Å²) in [5.41, 5.74) is 3.54. The van der Waals surface area contributed by atoms with Gasteiger partial charge in [0.25, 0.3) is 0 Å². The molecule has 0 atom stereocenters. The largest absolute Gasteiger partial charge is 0.481 e. The number of carbonyl (C=O) groups is 2. The smallest absolute Gasteiger partial charge is 0.303 e. The van der Waals surface area contributed by atoms with Gasteiger partial charge in [0.05, 0.1) is 19.4 Å². The lowest BCUT2D eigenvalue weighted by atomic mass is 10.1. The second-order valence-corrected chi connectivity index (χ2v) is 5.16. The molecule has 0 aliphatic heterocycles. The molecule has 1 aromatic rings. The van der Waals surface area contributed by atoms with Gasteiger partial charge in [0.2, 0.25) is 5.91 Å². The van der Waals surface area contributed by atoms with Crippen molar-refractivity contribution in [1.82, 2.24) is 5.43 Å². The minimum atomic E-state index is -0.772. The molecule has 126 valence electrons. The highest BCUT2D eigenvalue weighted by Gasteiger charge is 2.00. The minimum Gasteiger partial charge on any atom is -0.481 e. The summed E-state index contributed by atoms with van der Waals surface area (Å²) in [5.74, 6) is -0.908. The van der Waals surface area contributed by atoms with Gasteiger partial charge in [-0.2, -0.15) is 5.10 Å². The van der Waals surface area contributed by atoms with Gasteiger partial charge >= 0.3 is 5.97 Å². The average Bonchev–Trinajstić information content (AvgIpc) is 2.54. The van der Waals surface area contributed by atoms with Crippen molar-refractivity contribution in [2.24, 2.45) is 5.10 Å². The summed E-state index contributed by atoms with van der Waals surface area (Å²) >= 11 is 0. The van der Waals surface area contributed by atoms with E-state index in [9.17, 15) is 9.59 Å². The van der Waals surface area contributed by atoms with E-state index in [0.717, 1.165) is 24.8 Å². The molecule has 0 radical (unpaired) electrons. The number of unbranched alkanes of at least 4 members (excludes halogenated alkanes) is 3. The monoisotopic (exact) mass is 320 g/mol. The van der Waals surface area contributed by atoms with Gasteiger partial charge < -0.3 is 9.84 Å². The molecule has 6 nitrogen and oxygen atoms in total. The molecule has 0 heterocycles. The van der Waals surface area contributed by atoms with Gasteiger partial charge in [-0.15, -0.1) is 0 Å². The van der Waals surface area contributed by atoms with Crippen LogP contribution in [0.5, 0.6) is 0 Å². The quantitative estimate of drug-likeness (QED) is 0.352. The SMILES string of the molecule is O=C(O)CCCCCCC(=O)N/N=C/COCc1ccccc1. The Kier molecular flexibility index (Phi) is 10.1. The molecule has 0 aliphatic carbocycles. The van der Waals surface area contributed by atoms with Crippen molar-refractivity contribution in [3.63, 3.8) is 0 Å². The van der Waals surface area contributed by atoms with E-state index in [1.165, 1.54) is 6.21 Å². The van der Waals surface area contributed by atoms with E-state index in [4.69, 9.17) is 9.84 Å². The van der Waals surface area contributed by atoms with Crippen molar-refractivity contribution < 1.29 is 19.4 Å². The molecule has 2 N–H and O–H groups in total. The first-order valence-corrected chi connectivity index (χ1v) is 7.82. The molecule has 23 heavy (non-hydrogen) atoms. The topological polar surface area (TPSA) is 88.0 Å². The molecule has 0 fully saturated rings. The maximum atomic E-state index is 11.5. The summed E-state index contributed by atoms with van der Waals surface area (Å²) in [4.78, 5) is 21.8. The standard InChI is InChI=1S/C17H24N2O4/c20-16(10-6-1-2-7-11-17(21)22)19-18-12-13-23-14-15-8-4-3-5-9-15/h3-5,8-9,12H,1-2,6-7,10-11,13-14H2,(H,19,20)(H,21,22)/b18-12+. The number of hydrazone groups is 1. The van der Waals surface area contributed by atoms with Crippen molar-refractivity contribution in [3.05, 3.63) is 35.9 Å². The number of aliphatic carboxylic acids is 1. The molecule has 0 saturated heterocycles. The normalized spacial score (nSPS) is 10.8. The van der Waals surface area contributed by atoms with Crippen molar-refractivity contribution in [1.29, 1.82) is 0 Å². The zero-order chi connectivity index (χ0) is 16.8. The van der Waals surface area contributed by atoms with E-state index in [1.54, 1.807) is 0 Å². The van der Waals surface area contributed by atoms with Crippen LogP contribution in [0.25, 0.3) is 0 Å². The van der Waals surface area contributed by atoms with Crippen LogP contribution in [-0.2, 0) is 20.9 Å². The summed E-state index contributed by atoms with van der Waals surface area (Å²) in [7, 11) is 0. The highest BCUT2D eigenvalue weighted by molar-refractivity contribution is 5.76. The highest BCUT2D eigenvalue weighted by Crippen LogP contribution is 2.05. The predicted molar refractivity (Wildman–Crippen MR) is 88.1 cm³/mol. The Morgan fingerprint density at radius 1 is 1.09 bits per heavy atom. The summed E-state index contributed by atoms with van der Waals surface area (Å²) in [6, 6.07) is 9.82. The first-order chi connectivity index (χ1) is 11.2. The van der Waals surface area contributed by atoms with Crippen LogP contribution in [0.2, 0.25) is 0 Å². The van der Waals surface area contributed by atoms with Crippen molar-refractivity contribution in [2.45, 2.75) is 45.1 Å². The predicted octanol–water partition coefficient (Wildman–Crippen LogP) is 2.73. The molecule has 0 spiro atoms. The fourth-order valence-corrected chi connectivity index (χ4v) is 1.93. The number of carboxylic acid groups (broad SMARTS) is 1. The molecule has 6 heteroatoms. The first kappa shape index (κ1) is 18.8. The number of benzene rings is 1. The Morgan fingerprint density at radius 2 is 1.78 bits per heavy atom. The van der Waals surface area contributed by atoms with Gasteiger partial charge in [-0.05, 0) is 18.4 Å². The molecule has 0 aromatic heterocycles. The molecular weight excluding hydrogens is 296 g/mol. The summed E-state index contributed by atoms with van der Waals surface area (Å²) in [5, 5.41) is 12.3. The van der Waals surface area contributed by atoms with Crippen molar-refractivity contribution >= 4 is 18.1 Å². The van der Waals surface area contributed by atoms with E-state index in [0.29, 0.717) is 26.1 Å². The maximum absolute atomic E-state index is 11.5. The van der Waals surface area contributed by atoms with E-state index < -0.39 is 5.97 Å². The summed E-state index contributed by atoms with van der Waals surface area (Å²) in [6.07, 6.45) is 5.20. The summed E-state index contributed by atoms with van der Waals surface area (Å²) < 4.78 is 5.40. The minimum absolute atomic E-state index is 0.137. The third-order valence-corrected chi connectivity index (χ3v) is 3.13. The lowest BCUT2D eigenvalue weighted by Gasteiger charge is -2.01. The van der Waals surface area contributed by atoms with Crippen LogP contribution in [0.1, 0.15) is 44.1 Å². The summed E-state index contributed by atoms with van der Waals surface area (Å²) in [6.45, 7) is 0.849. The van der Waals surface area contributed by atoms with Gasteiger partial charge in [0.1, 0.15) is 0 Å². The Labute approximate surface area is 136 Å². The van der Waals surface area contributed by atoms with Crippen LogP contribution in [0, 0.1) is 0 Å². The first-order valence-electron chi connectivity index (χ1n) is 7.82. The molecule has 0 aliphatic rings. The zero-order valence-corrected chi connectivity index (χ0v) is 13.2. The van der Waals surface area contributed by atoms with Crippen LogP contribution >= 0.6 is 0 Å². The van der Waals surface area contributed by atoms with Crippen LogP contribution < -0.4 is 5.43 Å². The molecule has 0 saturated carbocycles. The second kappa shape index (κ2) is 12.3. The Hall–Kier alpha value is -2.21. The lowest BCUT2D eigenvalue weighted by Crippen LogP contribution is -2.17. The number of carbonyl (C=O) groups excluding carboxylic acids is 1. The Bertz CT molecular complexity index is 489. The molecule has 0 unspecified atom stereocenters. The number of amides is 1. The molecular formula is C17H24N2O4.